The molecular weight excluding hydrogens is 364 g/mol. The highest BCUT2D eigenvalue weighted by atomic mass is 35.5. The van der Waals surface area contributed by atoms with Gasteiger partial charge >= 0.3 is 0 Å². The Morgan fingerprint density at radius 3 is 2.63 bits per heavy atom. The Morgan fingerprint density at radius 1 is 1.15 bits per heavy atom. The van der Waals surface area contributed by atoms with Gasteiger partial charge < -0.3 is 15.0 Å². The SMILES string of the molecule is O=C(COc1ccc(Cl)cc1)NCC1CC(=O)N(CCc2ccccc2)C1. The second-order valence-electron chi connectivity index (χ2n) is 6.69. The Balaban J connectivity index is 1.36. The molecule has 1 N–H and O–H groups in total. The molecule has 6 heteroatoms. The van der Waals surface area contributed by atoms with Crippen LogP contribution in [0.2, 0.25) is 5.02 Å². The molecule has 0 aromatic heterocycles. The van der Waals surface area contributed by atoms with Gasteiger partial charge in [-0.1, -0.05) is 41.9 Å². The van der Waals surface area contributed by atoms with Crippen molar-refractivity contribution in [3.63, 3.8) is 0 Å². The van der Waals surface area contributed by atoms with E-state index in [0.717, 1.165) is 6.42 Å². The van der Waals surface area contributed by atoms with E-state index in [1.165, 1.54) is 5.56 Å². The molecule has 5 nitrogen and oxygen atoms in total. The van der Waals surface area contributed by atoms with Gasteiger partial charge in [0.05, 0.1) is 0 Å². The number of ether oxygens (including phenoxy) is 1. The molecule has 1 unspecified atom stereocenters. The number of likely N-dealkylation sites (tertiary alicyclic amines) is 1. The van der Waals surface area contributed by atoms with Crippen LogP contribution in [-0.4, -0.2) is 43.0 Å². The first-order valence-corrected chi connectivity index (χ1v) is 9.45. The Bertz CT molecular complexity index is 765. The van der Waals surface area contributed by atoms with Gasteiger partial charge in [0.1, 0.15) is 5.75 Å². The summed E-state index contributed by atoms with van der Waals surface area (Å²) in [6.45, 7) is 1.83. The van der Waals surface area contributed by atoms with Crippen LogP contribution >= 0.6 is 11.6 Å². The van der Waals surface area contributed by atoms with E-state index in [9.17, 15) is 9.59 Å². The van der Waals surface area contributed by atoms with Crippen molar-refractivity contribution in [3.05, 3.63) is 65.2 Å². The number of hydrogen-bond acceptors (Lipinski definition) is 3. The highest BCUT2D eigenvalue weighted by Gasteiger charge is 2.29. The Labute approximate surface area is 164 Å². The molecule has 0 saturated carbocycles. The second kappa shape index (κ2) is 9.42. The number of carbonyl (C=O) groups excluding carboxylic acids is 2. The molecule has 1 fully saturated rings. The van der Waals surface area contributed by atoms with Crippen LogP contribution in [0.3, 0.4) is 0 Å². The summed E-state index contributed by atoms with van der Waals surface area (Å²) in [7, 11) is 0. The zero-order chi connectivity index (χ0) is 19.1. The summed E-state index contributed by atoms with van der Waals surface area (Å²) in [5.41, 5.74) is 1.22. The molecular formula is C21H23ClN2O3. The van der Waals surface area contributed by atoms with Gasteiger partial charge in [-0.15, -0.1) is 0 Å². The number of amides is 2. The van der Waals surface area contributed by atoms with Crippen LogP contribution in [0.5, 0.6) is 5.75 Å². The summed E-state index contributed by atoms with van der Waals surface area (Å²) < 4.78 is 5.42. The fourth-order valence-corrected chi connectivity index (χ4v) is 3.23. The minimum atomic E-state index is -0.194. The zero-order valence-electron chi connectivity index (χ0n) is 15.1. The van der Waals surface area contributed by atoms with Gasteiger partial charge in [-0.3, -0.25) is 9.59 Å². The summed E-state index contributed by atoms with van der Waals surface area (Å²) in [6, 6.07) is 17.0. The van der Waals surface area contributed by atoms with Crippen molar-refractivity contribution in [1.82, 2.24) is 10.2 Å². The van der Waals surface area contributed by atoms with Gasteiger partial charge in [0.25, 0.3) is 5.91 Å². The van der Waals surface area contributed by atoms with Gasteiger partial charge in [0, 0.05) is 37.0 Å². The third-order valence-corrected chi connectivity index (χ3v) is 4.83. The van der Waals surface area contributed by atoms with Crippen LogP contribution in [-0.2, 0) is 16.0 Å². The number of halogens is 1. The summed E-state index contributed by atoms with van der Waals surface area (Å²) in [6.07, 6.45) is 1.33. The number of hydrogen-bond donors (Lipinski definition) is 1. The van der Waals surface area contributed by atoms with Crippen LogP contribution in [0.4, 0.5) is 0 Å². The van der Waals surface area contributed by atoms with Gasteiger partial charge in [0.15, 0.2) is 6.61 Å². The second-order valence-corrected chi connectivity index (χ2v) is 7.13. The molecule has 1 heterocycles. The maximum absolute atomic E-state index is 12.2. The van der Waals surface area contributed by atoms with Crippen molar-refractivity contribution < 1.29 is 14.3 Å². The average Bonchev–Trinajstić information content (AvgIpc) is 3.05. The van der Waals surface area contributed by atoms with Crippen LogP contribution in [0.15, 0.2) is 54.6 Å². The fourth-order valence-electron chi connectivity index (χ4n) is 3.10. The fraction of sp³-hybridized carbons (Fsp3) is 0.333. The van der Waals surface area contributed by atoms with Gasteiger partial charge in [-0.2, -0.15) is 0 Å². The minimum absolute atomic E-state index is 0.0555. The topological polar surface area (TPSA) is 58.6 Å². The smallest absolute Gasteiger partial charge is 0.257 e. The summed E-state index contributed by atoms with van der Waals surface area (Å²) >= 11 is 5.81. The summed E-state index contributed by atoms with van der Waals surface area (Å²) in [4.78, 5) is 26.0. The Morgan fingerprint density at radius 2 is 1.89 bits per heavy atom. The molecule has 1 atom stereocenters. The molecule has 2 amide bonds. The normalized spacial score (nSPS) is 16.4. The van der Waals surface area contributed by atoms with E-state index >= 15 is 0 Å². The molecule has 1 saturated heterocycles. The first-order chi connectivity index (χ1) is 13.1. The van der Waals surface area contributed by atoms with Gasteiger partial charge in [-0.25, -0.2) is 0 Å². The van der Waals surface area contributed by atoms with Crippen molar-refractivity contribution in [2.45, 2.75) is 12.8 Å². The Kier molecular flexibility index (Phi) is 6.71. The summed E-state index contributed by atoms with van der Waals surface area (Å²) in [5.74, 6) is 0.702. The van der Waals surface area contributed by atoms with Crippen molar-refractivity contribution in [2.24, 2.45) is 5.92 Å². The van der Waals surface area contributed by atoms with Crippen molar-refractivity contribution in [2.75, 3.05) is 26.2 Å². The summed E-state index contributed by atoms with van der Waals surface area (Å²) in [5, 5.41) is 3.47. The van der Waals surface area contributed by atoms with E-state index in [-0.39, 0.29) is 24.3 Å². The Hall–Kier alpha value is -2.53. The predicted octanol–water partition coefficient (Wildman–Crippen LogP) is 2.93. The molecule has 0 aliphatic carbocycles. The quantitative estimate of drug-likeness (QED) is 0.758. The number of benzene rings is 2. The third kappa shape index (κ3) is 6.00. The van der Waals surface area contributed by atoms with Gasteiger partial charge in [0.2, 0.25) is 5.91 Å². The molecule has 0 bridgehead atoms. The minimum Gasteiger partial charge on any atom is -0.484 e. The van der Waals surface area contributed by atoms with Crippen LogP contribution in [0.1, 0.15) is 12.0 Å². The molecule has 1 aliphatic heterocycles. The predicted molar refractivity (Wildman–Crippen MR) is 105 cm³/mol. The number of carbonyl (C=O) groups is 2. The maximum Gasteiger partial charge on any atom is 0.257 e. The highest BCUT2D eigenvalue weighted by molar-refractivity contribution is 6.30. The maximum atomic E-state index is 12.2. The van der Waals surface area contributed by atoms with E-state index in [0.29, 0.717) is 36.8 Å². The van der Waals surface area contributed by atoms with Gasteiger partial charge in [-0.05, 0) is 36.2 Å². The molecule has 27 heavy (non-hydrogen) atoms. The van der Waals surface area contributed by atoms with Crippen molar-refractivity contribution in [3.8, 4) is 5.75 Å². The lowest BCUT2D eigenvalue weighted by molar-refractivity contribution is -0.128. The highest BCUT2D eigenvalue weighted by Crippen LogP contribution is 2.18. The molecule has 3 rings (SSSR count). The van der Waals surface area contributed by atoms with Crippen molar-refractivity contribution >= 4 is 23.4 Å². The molecule has 142 valence electrons. The van der Waals surface area contributed by atoms with Crippen LogP contribution < -0.4 is 10.1 Å². The lowest BCUT2D eigenvalue weighted by atomic mass is 10.1. The van der Waals surface area contributed by atoms with E-state index in [4.69, 9.17) is 16.3 Å². The number of nitrogens with zero attached hydrogens (tertiary/aromatic N) is 1. The van der Waals surface area contributed by atoms with Crippen LogP contribution in [0.25, 0.3) is 0 Å². The molecule has 0 radical (unpaired) electrons. The monoisotopic (exact) mass is 386 g/mol. The molecule has 2 aromatic carbocycles. The average molecular weight is 387 g/mol. The van der Waals surface area contributed by atoms with E-state index in [1.54, 1.807) is 24.3 Å². The largest absolute Gasteiger partial charge is 0.484 e. The van der Waals surface area contributed by atoms with E-state index in [2.05, 4.69) is 17.4 Å². The first kappa shape index (κ1) is 19.2. The third-order valence-electron chi connectivity index (χ3n) is 4.58. The first-order valence-electron chi connectivity index (χ1n) is 9.07. The number of nitrogens with one attached hydrogen (secondary N) is 1. The van der Waals surface area contributed by atoms with Crippen LogP contribution in [0, 0.1) is 5.92 Å². The van der Waals surface area contributed by atoms with E-state index in [1.807, 2.05) is 23.1 Å². The molecule has 2 aromatic rings. The van der Waals surface area contributed by atoms with E-state index < -0.39 is 0 Å². The zero-order valence-corrected chi connectivity index (χ0v) is 15.8. The van der Waals surface area contributed by atoms with Crippen molar-refractivity contribution in [1.29, 1.82) is 0 Å². The lowest BCUT2D eigenvalue weighted by Crippen LogP contribution is -2.34. The molecule has 1 aliphatic rings. The lowest BCUT2D eigenvalue weighted by Gasteiger charge is -2.17. The molecule has 0 spiro atoms. The standard InChI is InChI=1S/C21H23ClN2O3/c22-18-6-8-19(9-7-18)27-15-20(25)23-13-17-12-21(26)24(14-17)11-10-16-4-2-1-3-5-16/h1-9,17H,10-15H2,(H,23,25). The number of rotatable bonds is 8.